The van der Waals surface area contributed by atoms with Crippen molar-refractivity contribution in [1.82, 2.24) is 4.90 Å². The SMILES string of the molecule is CCCc1c(O)ccc(C(=O)N(C)C)c1O. The average Bonchev–Trinajstić information content (AvgIpc) is 2.23. The number of carbonyl (C=O) groups is 1. The molecule has 4 nitrogen and oxygen atoms in total. The molecule has 1 rings (SSSR count). The van der Waals surface area contributed by atoms with Gasteiger partial charge in [0, 0.05) is 19.7 Å². The van der Waals surface area contributed by atoms with E-state index < -0.39 is 0 Å². The molecule has 0 saturated carbocycles. The Morgan fingerprint density at radius 3 is 2.44 bits per heavy atom. The Kier molecular flexibility index (Phi) is 3.77. The van der Waals surface area contributed by atoms with Crippen LogP contribution >= 0.6 is 0 Å². The lowest BCUT2D eigenvalue weighted by Crippen LogP contribution is -2.21. The molecule has 1 aromatic carbocycles. The third kappa shape index (κ3) is 2.27. The fourth-order valence-electron chi connectivity index (χ4n) is 1.54. The van der Waals surface area contributed by atoms with Gasteiger partial charge in [0.05, 0.1) is 5.56 Å². The highest BCUT2D eigenvalue weighted by Gasteiger charge is 2.18. The first kappa shape index (κ1) is 12.4. The Hall–Kier alpha value is -1.71. The summed E-state index contributed by atoms with van der Waals surface area (Å²) in [6.07, 6.45) is 1.34. The number of benzene rings is 1. The van der Waals surface area contributed by atoms with E-state index >= 15 is 0 Å². The molecule has 0 fully saturated rings. The number of amides is 1. The molecule has 0 aliphatic heterocycles. The van der Waals surface area contributed by atoms with E-state index in [1.165, 1.54) is 17.0 Å². The molecule has 0 aromatic heterocycles. The van der Waals surface area contributed by atoms with Crippen molar-refractivity contribution in [1.29, 1.82) is 0 Å². The summed E-state index contributed by atoms with van der Waals surface area (Å²) in [4.78, 5) is 13.1. The van der Waals surface area contributed by atoms with E-state index in [0.29, 0.717) is 12.0 Å². The number of hydrogen-bond donors (Lipinski definition) is 2. The largest absolute Gasteiger partial charge is 0.508 e. The Balaban J connectivity index is 3.23. The van der Waals surface area contributed by atoms with Crippen molar-refractivity contribution in [2.24, 2.45) is 0 Å². The monoisotopic (exact) mass is 223 g/mol. The summed E-state index contributed by atoms with van der Waals surface area (Å²) < 4.78 is 0. The van der Waals surface area contributed by atoms with Crippen LogP contribution in [0.5, 0.6) is 11.5 Å². The molecular formula is C12H17NO3. The number of aromatic hydroxyl groups is 2. The predicted molar refractivity (Wildman–Crippen MR) is 61.8 cm³/mol. The van der Waals surface area contributed by atoms with Crippen molar-refractivity contribution in [3.05, 3.63) is 23.3 Å². The van der Waals surface area contributed by atoms with Crippen LogP contribution in [-0.4, -0.2) is 35.1 Å². The molecule has 0 bridgehead atoms. The Labute approximate surface area is 95.1 Å². The normalized spacial score (nSPS) is 10.2. The third-order valence-corrected chi connectivity index (χ3v) is 2.39. The molecule has 0 radical (unpaired) electrons. The molecule has 0 aliphatic rings. The molecule has 0 unspecified atom stereocenters. The van der Waals surface area contributed by atoms with Crippen molar-refractivity contribution < 1.29 is 15.0 Å². The average molecular weight is 223 g/mol. The molecule has 0 aliphatic carbocycles. The molecule has 0 atom stereocenters. The maximum atomic E-state index is 11.7. The van der Waals surface area contributed by atoms with Crippen LogP contribution in [0.2, 0.25) is 0 Å². The second-order valence-electron chi connectivity index (χ2n) is 3.91. The van der Waals surface area contributed by atoms with Crippen LogP contribution in [0.15, 0.2) is 12.1 Å². The predicted octanol–water partition coefficient (Wildman–Crippen LogP) is 1.75. The van der Waals surface area contributed by atoms with Gasteiger partial charge in [-0.2, -0.15) is 0 Å². The smallest absolute Gasteiger partial charge is 0.257 e. The summed E-state index contributed by atoms with van der Waals surface area (Å²) in [5.74, 6) is -0.343. The fraction of sp³-hybridized carbons (Fsp3) is 0.417. The topological polar surface area (TPSA) is 60.8 Å². The molecule has 2 N–H and O–H groups in total. The summed E-state index contributed by atoms with van der Waals surface area (Å²) in [5.41, 5.74) is 0.668. The molecule has 0 saturated heterocycles. The lowest BCUT2D eigenvalue weighted by atomic mass is 10.0. The summed E-state index contributed by atoms with van der Waals surface area (Å²) in [6, 6.07) is 2.88. The fourth-order valence-corrected chi connectivity index (χ4v) is 1.54. The Morgan fingerprint density at radius 1 is 1.31 bits per heavy atom. The lowest BCUT2D eigenvalue weighted by Gasteiger charge is -2.14. The van der Waals surface area contributed by atoms with E-state index in [9.17, 15) is 15.0 Å². The Bertz CT molecular complexity index is 399. The molecule has 0 spiro atoms. The molecule has 4 heteroatoms. The highest BCUT2D eigenvalue weighted by molar-refractivity contribution is 5.97. The zero-order valence-corrected chi connectivity index (χ0v) is 9.82. The van der Waals surface area contributed by atoms with Crippen LogP contribution in [-0.2, 0) is 6.42 Å². The van der Waals surface area contributed by atoms with E-state index in [2.05, 4.69) is 0 Å². The maximum absolute atomic E-state index is 11.7. The van der Waals surface area contributed by atoms with Crippen LogP contribution in [0.4, 0.5) is 0 Å². The van der Waals surface area contributed by atoms with E-state index in [-0.39, 0.29) is 23.0 Å². The maximum Gasteiger partial charge on any atom is 0.257 e. The van der Waals surface area contributed by atoms with Crippen molar-refractivity contribution in [2.45, 2.75) is 19.8 Å². The molecule has 1 aromatic rings. The van der Waals surface area contributed by atoms with Crippen molar-refractivity contribution in [3.63, 3.8) is 0 Å². The van der Waals surface area contributed by atoms with E-state index in [1.807, 2.05) is 6.92 Å². The minimum atomic E-state index is -0.269. The van der Waals surface area contributed by atoms with Gasteiger partial charge in [-0.25, -0.2) is 0 Å². The van der Waals surface area contributed by atoms with Crippen LogP contribution in [0.25, 0.3) is 0 Å². The van der Waals surface area contributed by atoms with Gasteiger partial charge in [-0.15, -0.1) is 0 Å². The number of rotatable bonds is 3. The Morgan fingerprint density at radius 2 is 1.94 bits per heavy atom. The number of phenolic OH excluding ortho intramolecular Hbond substituents is 2. The van der Waals surface area contributed by atoms with E-state index in [4.69, 9.17) is 0 Å². The zero-order valence-electron chi connectivity index (χ0n) is 9.82. The van der Waals surface area contributed by atoms with Crippen molar-refractivity contribution in [3.8, 4) is 11.5 Å². The standard InChI is InChI=1S/C12H17NO3/c1-4-5-8-10(14)7-6-9(11(8)15)12(16)13(2)3/h6-7,14-15H,4-5H2,1-3H3. The summed E-state index contributed by atoms with van der Waals surface area (Å²) >= 11 is 0. The molecule has 1 amide bonds. The zero-order chi connectivity index (χ0) is 12.3. The highest BCUT2D eigenvalue weighted by atomic mass is 16.3. The van der Waals surface area contributed by atoms with Gasteiger partial charge < -0.3 is 15.1 Å². The lowest BCUT2D eigenvalue weighted by molar-refractivity contribution is 0.0824. The quantitative estimate of drug-likeness (QED) is 0.820. The van der Waals surface area contributed by atoms with Crippen LogP contribution in [0.3, 0.4) is 0 Å². The van der Waals surface area contributed by atoms with Gasteiger partial charge in [-0.3, -0.25) is 4.79 Å². The summed E-state index contributed by atoms with van der Waals surface area (Å²) in [5, 5.41) is 19.5. The minimum absolute atomic E-state index is 0.0367. The first-order valence-electron chi connectivity index (χ1n) is 5.24. The minimum Gasteiger partial charge on any atom is -0.508 e. The summed E-state index contributed by atoms with van der Waals surface area (Å²) in [7, 11) is 3.24. The van der Waals surface area contributed by atoms with Crippen LogP contribution in [0.1, 0.15) is 29.3 Å². The molecule has 16 heavy (non-hydrogen) atoms. The van der Waals surface area contributed by atoms with Crippen LogP contribution in [0, 0.1) is 0 Å². The van der Waals surface area contributed by atoms with E-state index in [0.717, 1.165) is 6.42 Å². The van der Waals surface area contributed by atoms with Gasteiger partial charge in [-0.1, -0.05) is 13.3 Å². The number of nitrogens with zero attached hydrogens (tertiary/aromatic N) is 1. The van der Waals surface area contributed by atoms with Crippen LogP contribution < -0.4 is 0 Å². The van der Waals surface area contributed by atoms with Gasteiger partial charge in [0.2, 0.25) is 0 Å². The van der Waals surface area contributed by atoms with Gasteiger partial charge in [0.1, 0.15) is 11.5 Å². The van der Waals surface area contributed by atoms with Gasteiger partial charge >= 0.3 is 0 Å². The highest BCUT2D eigenvalue weighted by Crippen LogP contribution is 2.32. The van der Waals surface area contributed by atoms with E-state index in [1.54, 1.807) is 14.1 Å². The van der Waals surface area contributed by atoms with Gasteiger partial charge in [0.25, 0.3) is 5.91 Å². The van der Waals surface area contributed by atoms with Gasteiger partial charge in [0.15, 0.2) is 0 Å². The second-order valence-corrected chi connectivity index (χ2v) is 3.91. The third-order valence-electron chi connectivity index (χ3n) is 2.39. The number of hydrogen-bond acceptors (Lipinski definition) is 3. The molecule has 0 heterocycles. The number of phenols is 2. The first-order chi connectivity index (χ1) is 7.49. The second kappa shape index (κ2) is 4.88. The van der Waals surface area contributed by atoms with Gasteiger partial charge in [-0.05, 0) is 18.6 Å². The molecule has 88 valence electrons. The molecular weight excluding hydrogens is 206 g/mol. The van der Waals surface area contributed by atoms with Crippen molar-refractivity contribution >= 4 is 5.91 Å². The number of carbonyl (C=O) groups excluding carboxylic acids is 1. The first-order valence-corrected chi connectivity index (χ1v) is 5.24. The summed E-state index contributed by atoms with van der Waals surface area (Å²) in [6.45, 7) is 1.94. The van der Waals surface area contributed by atoms with Crippen molar-refractivity contribution in [2.75, 3.05) is 14.1 Å².